The van der Waals surface area contributed by atoms with Gasteiger partial charge in [-0.25, -0.2) is 8.78 Å². The predicted molar refractivity (Wildman–Crippen MR) is 85.3 cm³/mol. The van der Waals surface area contributed by atoms with E-state index in [-0.39, 0.29) is 0 Å². The first-order valence-electron chi connectivity index (χ1n) is 7.91. The largest absolute Gasteiger partial charge is 0.416 e. The van der Waals surface area contributed by atoms with Crippen molar-refractivity contribution in [3.63, 3.8) is 0 Å². The number of hydrogen-bond acceptors (Lipinski definition) is 2. The summed E-state index contributed by atoms with van der Waals surface area (Å²) in [4.78, 5) is 3.97. The van der Waals surface area contributed by atoms with Crippen molar-refractivity contribution in [1.82, 2.24) is 4.90 Å². The molecule has 0 unspecified atom stereocenters. The van der Waals surface area contributed by atoms with E-state index in [0.717, 1.165) is 18.2 Å². The number of benzene rings is 2. The Labute approximate surface area is 142 Å². The third-order valence-electron chi connectivity index (χ3n) is 4.30. The van der Waals surface area contributed by atoms with Crippen molar-refractivity contribution in [3.05, 3.63) is 65.2 Å². The minimum absolute atomic E-state index is 0.480. The van der Waals surface area contributed by atoms with Crippen molar-refractivity contribution in [2.24, 2.45) is 0 Å². The number of alkyl halides is 3. The lowest BCUT2D eigenvalue weighted by Gasteiger charge is -2.36. The van der Waals surface area contributed by atoms with Gasteiger partial charge in [0.25, 0.3) is 0 Å². The lowest BCUT2D eigenvalue weighted by Crippen LogP contribution is -2.46. The quantitative estimate of drug-likeness (QED) is 0.757. The van der Waals surface area contributed by atoms with E-state index < -0.39 is 23.4 Å². The summed E-state index contributed by atoms with van der Waals surface area (Å²) in [7, 11) is 0. The SMILES string of the molecule is Fc1ccc(CN2CCN(c3cccc(C(F)(F)F)c3)CC2)cc1F. The van der Waals surface area contributed by atoms with Gasteiger partial charge in [0.15, 0.2) is 11.6 Å². The van der Waals surface area contributed by atoms with Crippen LogP contribution < -0.4 is 4.90 Å². The normalized spacial score (nSPS) is 16.3. The van der Waals surface area contributed by atoms with E-state index >= 15 is 0 Å². The molecule has 1 aliphatic heterocycles. The molecule has 0 amide bonds. The number of nitrogens with zero attached hydrogens (tertiary/aromatic N) is 2. The Balaban J connectivity index is 1.61. The molecule has 1 fully saturated rings. The second kappa shape index (κ2) is 7.00. The van der Waals surface area contributed by atoms with Crippen LogP contribution in [0, 0.1) is 11.6 Å². The van der Waals surface area contributed by atoms with E-state index in [1.54, 1.807) is 6.07 Å². The molecule has 7 heteroatoms. The van der Waals surface area contributed by atoms with Crippen LogP contribution >= 0.6 is 0 Å². The molecule has 25 heavy (non-hydrogen) atoms. The molecule has 2 aromatic rings. The average Bonchev–Trinajstić information content (AvgIpc) is 2.58. The maximum Gasteiger partial charge on any atom is 0.416 e. The van der Waals surface area contributed by atoms with Crippen LogP contribution in [-0.4, -0.2) is 31.1 Å². The highest BCUT2D eigenvalue weighted by Crippen LogP contribution is 2.31. The highest BCUT2D eigenvalue weighted by atomic mass is 19.4. The maximum atomic E-state index is 13.3. The Kier molecular flexibility index (Phi) is 4.94. The van der Waals surface area contributed by atoms with Gasteiger partial charge in [-0.15, -0.1) is 0 Å². The van der Waals surface area contributed by atoms with Crippen molar-refractivity contribution in [1.29, 1.82) is 0 Å². The summed E-state index contributed by atoms with van der Waals surface area (Å²) in [6.07, 6.45) is -4.36. The van der Waals surface area contributed by atoms with E-state index in [0.29, 0.717) is 44.0 Å². The molecule has 0 aromatic heterocycles. The molecule has 1 heterocycles. The molecule has 134 valence electrons. The standard InChI is InChI=1S/C18H17F5N2/c19-16-5-4-13(10-17(16)20)12-24-6-8-25(9-7-24)15-3-1-2-14(11-15)18(21,22)23/h1-5,10-11H,6-9,12H2. The van der Waals surface area contributed by atoms with Crippen molar-refractivity contribution in [2.75, 3.05) is 31.1 Å². The molecule has 0 spiro atoms. The van der Waals surface area contributed by atoms with E-state index in [4.69, 9.17) is 0 Å². The molecule has 0 bridgehead atoms. The van der Waals surface area contributed by atoms with Crippen LogP contribution in [0.5, 0.6) is 0 Å². The van der Waals surface area contributed by atoms with Gasteiger partial charge in [0.2, 0.25) is 0 Å². The predicted octanol–water partition coefficient (Wildman–Crippen LogP) is 4.31. The van der Waals surface area contributed by atoms with Crippen molar-refractivity contribution in [3.8, 4) is 0 Å². The lowest BCUT2D eigenvalue weighted by atomic mass is 10.1. The molecule has 1 aliphatic rings. The second-order valence-electron chi connectivity index (χ2n) is 6.06. The lowest BCUT2D eigenvalue weighted by molar-refractivity contribution is -0.137. The summed E-state index contributed by atoms with van der Waals surface area (Å²) >= 11 is 0. The summed E-state index contributed by atoms with van der Waals surface area (Å²) < 4.78 is 64.7. The van der Waals surface area contributed by atoms with Crippen LogP contribution in [0.4, 0.5) is 27.6 Å². The van der Waals surface area contributed by atoms with Gasteiger partial charge in [-0.2, -0.15) is 13.2 Å². The van der Waals surface area contributed by atoms with Gasteiger partial charge in [-0.1, -0.05) is 12.1 Å². The van der Waals surface area contributed by atoms with Crippen LogP contribution in [0.15, 0.2) is 42.5 Å². The van der Waals surface area contributed by atoms with Gasteiger partial charge < -0.3 is 4.90 Å². The molecule has 0 atom stereocenters. The van der Waals surface area contributed by atoms with Crippen molar-refractivity contribution in [2.45, 2.75) is 12.7 Å². The third kappa shape index (κ3) is 4.28. The Morgan fingerprint density at radius 3 is 2.20 bits per heavy atom. The molecule has 0 saturated carbocycles. The summed E-state index contributed by atoms with van der Waals surface area (Å²) in [5.41, 5.74) is 0.558. The Morgan fingerprint density at radius 2 is 1.56 bits per heavy atom. The minimum Gasteiger partial charge on any atom is -0.369 e. The summed E-state index contributed by atoms with van der Waals surface area (Å²) in [5.74, 6) is -1.75. The Bertz CT molecular complexity index is 736. The second-order valence-corrected chi connectivity index (χ2v) is 6.06. The van der Waals surface area contributed by atoms with Gasteiger partial charge in [0.05, 0.1) is 5.56 Å². The van der Waals surface area contributed by atoms with Crippen molar-refractivity contribution >= 4 is 5.69 Å². The third-order valence-corrected chi connectivity index (χ3v) is 4.30. The molecular formula is C18H17F5N2. The molecular weight excluding hydrogens is 339 g/mol. The minimum atomic E-state index is -4.36. The number of rotatable bonds is 3. The fraction of sp³-hybridized carbons (Fsp3) is 0.333. The first-order chi connectivity index (χ1) is 11.8. The van der Waals surface area contributed by atoms with E-state index in [1.807, 2.05) is 4.90 Å². The fourth-order valence-electron chi connectivity index (χ4n) is 2.94. The van der Waals surface area contributed by atoms with E-state index in [9.17, 15) is 22.0 Å². The molecule has 3 rings (SSSR count). The average molecular weight is 356 g/mol. The highest BCUT2D eigenvalue weighted by Gasteiger charge is 2.31. The van der Waals surface area contributed by atoms with Crippen LogP contribution in [0.1, 0.15) is 11.1 Å². The summed E-state index contributed by atoms with van der Waals surface area (Å²) in [6, 6.07) is 9.11. The van der Waals surface area contributed by atoms with Gasteiger partial charge >= 0.3 is 6.18 Å². The molecule has 2 nitrogen and oxygen atoms in total. The zero-order valence-electron chi connectivity index (χ0n) is 13.4. The first-order valence-corrected chi connectivity index (χ1v) is 7.91. The first kappa shape index (κ1) is 17.7. The van der Waals surface area contributed by atoms with Gasteiger partial charge in [0.1, 0.15) is 0 Å². The van der Waals surface area contributed by atoms with E-state index in [2.05, 4.69) is 4.90 Å². The van der Waals surface area contributed by atoms with Crippen LogP contribution in [0.2, 0.25) is 0 Å². The Morgan fingerprint density at radius 1 is 0.840 bits per heavy atom. The number of piperazine rings is 1. The molecule has 1 saturated heterocycles. The van der Waals surface area contributed by atoms with E-state index in [1.165, 1.54) is 18.2 Å². The number of anilines is 1. The topological polar surface area (TPSA) is 6.48 Å². The molecule has 0 N–H and O–H groups in total. The summed E-state index contributed by atoms with van der Waals surface area (Å²) in [6.45, 7) is 2.90. The van der Waals surface area contributed by atoms with Gasteiger partial charge in [-0.05, 0) is 35.9 Å². The van der Waals surface area contributed by atoms with Crippen LogP contribution in [-0.2, 0) is 12.7 Å². The van der Waals surface area contributed by atoms with Crippen molar-refractivity contribution < 1.29 is 22.0 Å². The molecule has 0 radical (unpaired) electrons. The smallest absolute Gasteiger partial charge is 0.369 e. The summed E-state index contributed by atoms with van der Waals surface area (Å²) in [5, 5.41) is 0. The zero-order valence-corrected chi connectivity index (χ0v) is 13.4. The van der Waals surface area contributed by atoms with Gasteiger partial charge in [0, 0.05) is 38.4 Å². The Hall–Kier alpha value is -2.15. The zero-order chi connectivity index (χ0) is 18.0. The highest BCUT2D eigenvalue weighted by molar-refractivity contribution is 5.49. The van der Waals surface area contributed by atoms with Crippen LogP contribution in [0.3, 0.4) is 0 Å². The number of hydrogen-bond donors (Lipinski definition) is 0. The monoisotopic (exact) mass is 356 g/mol. The maximum absolute atomic E-state index is 13.3. The molecule has 2 aromatic carbocycles. The van der Waals surface area contributed by atoms with Crippen LogP contribution in [0.25, 0.3) is 0 Å². The van der Waals surface area contributed by atoms with Gasteiger partial charge in [-0.3, -0.25) is 4.90 Å². The fourth-order valence-corrected chi connectivity index (χ4v) is 2.94. The number of halogens is 5. The molecule has 0 aliphatic carbocycles.